The molecule has 0 radical (unpaired) electrons. The molecule has 0 saturated carbocycles. The van der Waals surface area contributed by atoms with E-state index < -0.39 is 10.0 Å². The quantitative estimate of drug-likeness (QED) is 0.428. The number of aryl methyl sites for hydroxylation is 1. The van der Waals surface area contributed by atoms with Crippen LogP contribution in [0.4, 0.5) is 5.69 Å². The highest BCUT2D eigenvalue weighted by molar-refractivity contribution is 7.89. The van der Waals surface area contributed by atoms with Gasteiger partial charge in [0.05, 0.1) is 18.0 Å². The lowest BCUT2D eigenvalue weighted by Gasteiger charge is -2.27. The van der Waals surface area contributed by atoms with Gasteiger partial charge in [-0.2, -0.15) is 4.31 Å². The Morgan fingerprint density at radius 3 is 2.20 bits per heavy atom. The van der Waals surface area contributed by atoms with E-state index in [1.807, 2.05) is 56.3 Å². The van der Waals surface area contributed by atoms with Crippen molar-refractivity contribution in [1.29, 1.82) is 0 Å². The van der Waals surface area contributed by atoms with Gasteiger partial charge in [-0.15, -0.1) is 0 Å². The third kappa shape index (κ3) is 7.27. The molecular formula is C26H31N3O5S. The zero-order valence-electron chi connectivity index (χ0n) is 20.2. The van der Waals surface area contributed by atoms with Crippen molar-refractivity contribution >= 4 is 27.5 Å². The van der Waals surface area contributed by atoms with Crippen molar-refractivity contribution in [2.45, 2.75) is 45.2 Å². The molecule has 0 saturated heterocycles. The van der Waals surface area contributed by atoms with Crippen molar-refractivity contribution in [1.82, 2.24) is 9.21 Å². The minimum absolute atomic E-state index is 0.0594. The molecule has 35 heavy (non-hydrogen) atoms. The Bertz CT molecular complexity index is 1240. The summed E-state index contributed by atoms with van der Waals surface area (Å²) in [5, 5.41) is 2.62. The molecule has 0 atom stereocenters. The van der Waals surface area contributed by atoms with Crippen LogP contribution in [0.1, 0.15) is 37.4 Å². The average molecular weight is 498 g/mol. The molecule has 186 valence electrons. The Kier molecular flexibility index (Phi) is 8.84. The number of carbonyl (C=O) groups is 2. The van der Waals surface area contributed by atoms with Crippen LogP contribution in [0.5, 0.6) is 0 Å². The van der Waals surface area contributed by atoms with Crippen LogP contribution in [-0.4, -0.2) is 42.5 Å². The number of benzene rings is 2. The normalized spacial score (nSPS) is 11.4. The molecule has 0 aliphatic heterocycles. The van der Waals surface area contributed by atoms with Gasteiger partial charge in [-0.05, 0) is 55.3 Å². The van der Waals surface area contributed by atoms with E-state index in [-0.39, 0.29) is 36.3 Å². The summed E-state index contributed by atoms with van der Waals surface area (Å²) in [5.74, 6) is 0.800. The number of amides is 2. The number of hydrogen-bond acceptors (Lipinski definition) is 5. The van der Waals surface area contributed by atoms with Gasteiger partial charge in [-0.25, -0.2) is 8.42 Å². The first-order chi connectivity index (χ1) is 16.7. The fourth-order valence-electron chi connectivity index (χ4n) is 3.64. The van der Waals surface area contributed by atoms with Crippen molar-refractivity contribution in [2.75, 3.05) is 18.4 Å². The standard InChI is InChI=1S/C26H31N3O5S/c1-4-16-29(35(32,33)25-14-11-23(12-15-25)27-21(3)30)19-26(31)28(17-22-8-6-5-7-9-22)18-24-13-10-20(2)34-24/h5-15H,4,16-19H2,1-3H3,(H,27,30). The predicted molar refractivity (Wildman–Crippen MR) is 134 cm³/mol. The number of sulfonamides is 1. The molecule has 0 unspecified atom stereocenters. The van der Waals surface area contributed by atoms with Crippen LogP contribution < -0.4 is 5.32 Å². The highest BCUT2D eigenvalue weighted by Gasteiger charge is 2.28. The lowest BCUT2D eigenvalue weighted by molar-refractivity contribution is -0.133. The van der Waals surface area contributed by atoms with Crippen LogP contribution in [0.15, 0.2) is 76.0 Å². The number of nitrogens with one attached hydrogen (secondary N) is 1. The molecule has 2 aromatic carbocycles. The first kappa shape index (κ1) is 26.2. The van der Waals surface area contributed by atoms with Crippen LogP contribution >= 0.6 is 0 Å². The Morgan fingerprint density at radius 2 is 1.63 bits per heavy atom. The van der Waals surface area contributed by atoms with Crippen LogP contribution in [0.25, 0.3) is 0 Å². The van der Waals surface area contributed by atoms with E-state index in [4.69, 9.17) is 4.42 Å². The Labute approximate surface area is 206 Å². The van der Waals surface area contributed by atoms with Gasteiger partial charge in [0.1, 0.15) is 11.5 Å². The van der Waals surface area contributed by atoms with Crippen LogP contribution in [-0.2, 0) is 32.7 Å². The summed E-state index contributed by atoms with van der Waals surface area (Å²) in [6.45, 7) is 5.53. The van der Waals surface area contributed by atoms with Gasteiger partial charge < -0.3 is 14.6 Å². The maximum Gasteiger partial charge on any atom is 0.243 e. The summed E-state index contributed by atoms with van der Waals surface area (Å²) >= 11 is 0. The summed E-state index contributed by atoms with van der Waals surface area (Å²) < 4.78 is 33.6. The van der Waals surface area contributed by atoms with E-state index in [0.29, 0.717) is 24.4 Å². The number of hydrogen-bond donors (Lipinski definition) is 1. The van der Waals surface area contributed by atoms with Crippen LogP contribution in [0, 0.1) is 6.92 Å². The smallest absolute Gasteiger partial charge is 0.243 e. The third-order valence-corrected chi connectivity index (χ3v) is 7.17. The van der Waals surface area contributed by atoms with Gasteiger partial charge in [0.2, 0.25) is 21.8 Å². The summed E-state index contributed by atoms with van der Waals surface area (Å²) in [4.78, 5) is 26.3. The Morgan fingerprint density at radius 1 is 0.943 bits per heavy atom. The van der Waals surface area contributed by atoms with E-state index in [0.717, 1.165) is 11.3 Å². The number of rotatable bonds is 11. The van der Waals surface area contributed by atoms with Gasteiger partial charge in [0.25, 0.3) is 0 Å². The highest BCUT2D eigenvalue weighted by atomic mass is 32.2. The second kappa shape index (κ2) is 11.8. The lowest BCUT2D eigenvalue weighted by Crippen LogP contribution is -2.42. The predicted octanol–water partition coefficient (Wildman–Crippen LogP) is 4.18. The Balaban J connectivity index is 1.83. The molecule has 8 nitrogen and oxygen atoms in total. The third-order valence-electron chi connectivity index (χ3n) is 5.31. The average Bonchev–Trinajstić information content (AvgIpc) is 3.23. The largest absolute Gasteiger partial charge is 0.464 e. The van der Waals surface area contributed by atoms with Crippen molar-refractivity contribution in [3.8, 4) is 0 Å². The SMILES string of the molecule is CCCN(CC(=O)N(Cc1ccccc1)Cc1ccc(C)o1)S(=O)(=O)c1ccc(NC(C)=O)cc1. The topological polar surface area (TPSA) is 99.9 Å². The van der Waals surface area contributed by atoms with Gasteiger partial charge in [-0.1, -0.05) is 37.3 Å². The summed E-state index contributed by atoms with van der Waals surface area (Å²) in [5.41, 5.74) is 1.43. The van der Waals surface area contributed by atoms with Crippen molar-refractivity contribution < 1.29 is 22.4 Å². The number of anilines is 1. The molecule has 2 amide bonds. The van der Waals surface area contributed by atoms with Crippen molar-refractivity contribution in [3.05, 3.63) is 83.8 Å². The van der Waals surface area contributed by atoms with Gasteiger partial charge in [0, 0.05) is 25.7 Å². The van der Waals surface area contributed by atoms with Gasteiger partial charge in [-0.3, -0.25) is 9.59 Å². The first-order valence-corrected chi connectivity index (χ1v) is 12.9. The van der Waals surface area contributed by atoms with Crippen molar-refractivity contribution in [3.63, 3.8) is 0 Å². The van der Waals surface area contributed by atoms with E-state index in [1.54, 1.807) is 4.90 Å². The molecule has 3 rings (SSSR count). The molecule has 1 aromatic heterocycles. The summed E-state index contributed by atoms with van der Waals surface area (Å²) in [7, 11) is -3.93. The fraction of sp³-hybridized carbons (Fsp3) is 0.308. The molecule has 9 heteroatoms. The van der Waals surface area contributed by atoms with E-state index in [1.165, 1.54) is 35.5 Å². The summed E-state index contributed by atoms with van der Waals surface area (Å²) in [6.07, 6.45) is 0.548. The van der Waals surface area contributed by atoms with E-state index >= 15 is 0 Å². The first-order valence-electron chi connectivity index (χ1n) is 11.4. The minimum atomic E-state index is -3.93. The van der Waals surface area contributed by atoms with Crippen LogP contribution in [0.3, 0.4) is 0 Å². The molecule has 0 aliphatic rings. The number of nitrogens with zero attached hydrogens (tertiary/aromatic N) is 2. The van der Waals surface area contributed by atoms with Gasteiger partial charge in [0.15, 0.2) is 0 Å². The van der Waals surface area contributed by atoms with Crippen LogP contribution in [0.2, 0.25) is 0 Å². The molecule has 0 aliphatic carbocycles. The summed E-state index contributed by atoms with van der Waals surface area (Å²) in [6, 6.07) is 19.1. The molecule has 1 heterocycles. The highest BCUT2D eigenvalue weighted by Crippen LogP contribution is 2.20. The van der Waals surface area contributed by atoms with Gasteiger partial charge >= 0.3 is 0 Å². The number of furan rings is 1. The molecule has 0 bridgehead atoms. The van der Waals surface area contributed by atoms with E-state index in [9.17, 15) is 18.0 Å². The van der Waals surface area contributed by atoms with Crippen molar-refractivity contribution in [2.24, 2.45) is 0 Å². The molecule has 1 N–H and O–H groups in total. The Hall–Kier alpha value is -3.43. The maximum atomic E-state index is 13.4. The minimum Gasteiger partial charge on any atom is -0.464 e. The lowest BCUT2D eigenvalue weighted by atomic mass is 10.2. The second-order valence-electron chi connectivity index (χ2n) is 8.29. The second-order valence-corrected chi connectivity index (χ2v) is 10.2. The molecular weight excluding hydrogens is 466 g/mol. The fourth-order valence-corrected chi connectivity index (χ4v) is 5.12. The number of carbonyl (C=O) groups excluding carboxylic acids is 2. The maximum absolute atomic E-state index is 13.4. The zero-order chi connectivity index (χ0) is 25.4. The monoisotopic (exact) mass is 497 g/mol. The zero-order valence-corrected chi connectivity index (χ0v) is 21.0. The van der Waals surface area contributed by atoms with E-state index in [2.05, 4.69) is 5.32 Å². The molecule has 3 aromatic rings. The molecule has 0 fully saturated rings. The molecule has 0 spiro atoms.